The van der Waals surface area contributed by atoms with Crippen LogP contribution in [-0.4, -0.2) is 36.5 Å². The minimum atomic E-state index is 0.493. The molecule has 0 amide bonds. The zero-order valence-corrected chi connectivity index (χ0v) is 12.7. The van der Waals surface area contributed by atoms with Crippen LogP contribution in [0.3, 0.4) is 0 Å². The van der Waals surface area contributed by atoms with E-state index >= 15 is 0 Å². The molecule has 0 aliphatic carbocycles. The van der Waals surface area contributed by atoms with Crippen LogP contribution in [0.15, 0.2) is 29.3 Å². The number of guanidine groups is 1. The normalized spacial score (nSPS) is 20.3. The average Bonchev–Trinajstić information content (AvgIpc) is 2.91. The Labute approximate surface area is 126 Å². The molecule has 1 heterocycles. The second-order valence-electron chi connectivity index (χ2n) is 5.10. The second-order valence-corrected chi connectivity index (χ2v) is 5.51. The number of benzene rings is 1. The first kappa shape index (κ1) is 15.1. The van der Waals surface area contributed by atoms with Gasteiger partial charge in [0.2, 0.25) is 0 Å². The Bertz CT molecular complexity index is 461. The molecule has 1 fully saturated rings. The maximum absolute atomic E-state index is 6.09. The van der Waals surface area contributed by atoms with Gasteiger partial charge in [-0.3, -0.25) is 4.90 Å². The van der Waals surface area contributed by atoms with Gasteiger partial charge in [0.1, 0.15) is 0 Å². The molecule has 20 heavy (non-hydrogen) atoms. The van der Waals surface area contributed by atoms with Crippen molar-refractivity contribution in [2.24, 2.45) is 10.7 Å². The molecule has 1 aromatic rings. The summed E-state index contributed by atoms with van der Waals surface area (Å²) in [5.41, 5.74) is 6.91. The number of halogens is 1. The van der Waals surface area contributed by atoms with Gasteiger partial charge in [-0.2, -0.15) is 0 Å². The molecule has 1 unspecified atom stereocenters. The first-order chi connectivity index (χ1) is 9.70. The summed E-state index contributed by atoms with van der Waals surface area (Å²) < 4.78 is 0. The van der Waals surface area contributed by atoms with E-state index in [1.807, 2.05) is 24.3 Å². The van der Waals surface area contributed by atoms with Crippen molar-refractivity contribution in [1.82, 2.24) is 10.2 Å². The molecule has 1 aliphatic rings. The number of nitrogens with two attached hydrogens (primary N) is 1. The van der Waals surface area contributed by atoms with Crippen molar-refractivity contribution in [3.8, 4) is 0 Å². The van der Waals surface area contributed by atoms with Crippen LogP contribution < -0.4 is 11.1 Å². The third-order valence-electron chi connectivity index (χ3n) is 3.80. The van der Waals surface area contributed by atoms with Crippen LogP contribution in [0, 0.1) is 0 Å². The number of rotatable bonds is 5. The Morgan fingerprint density at radius 3 is 3.05 bits per heavy atom. The lowest BCUT2D eigenvalue weighted by Crippen LogP contribution is -2.42. The Hall–Kier alpha value is -1.26. The highest BCUT2D eigenvalue weighted by atomic mass is 35.5. The summed E-state index contributed by atoms with van der Waals surface area (Å²) in [5.74, 6) is 0.493. The third-order valence-corrected chi connectivity index (χ3v) is 4.17. The van der Waals surface area contributed by atoms with Gasteiger partial charge in [0.25, 0.3) is 0 Å². The molecular weight excluding hydrogens is 272 g/mol. The molecule has 1 aliphatic heterocycles. The molecule has 1 atom stereocenters. The van der Waals surface area contributed by atoms with E-state index in [2.05, 4.69) is 22.1 Å². The summed E-state index contributed by atoms with van der Waals surface area (Å²) in [6, 6.07) is 8.28. The summed E-state index contributed by atoms with van der Waals surface area (Å²) in [4.78, 5) is 6.83. The zero-order valence-electron chi connectivity index (χ0n) is 12.0. The topological polar surface area (TPSA) is 53.6 Å². The van der Waals surface area contributed by atoms with Gasteiger partial charge in [0.05, 0.1) is 6.54 Å². The molecule has 0 bridgehead atoms. The van der Waals surface area contributed by atoms with E-state index in [1.54, 1.807) is 0 Å². The van der Waals surface area contributed by atoms with Crippen molar-refractivity contribution in [2.45, 2.75) is 32.4 Å². The number of likely N-dealkylation sites (N-methyl/N-ethyl adjacent to an activating group) is 1. The summed E-state index contributed by atoms with van der Waals surface area (Å²) in [6.45, 7) is 5.88. The molecule has 0 spiro atoms. The largest absolute Gasteiger partial charge is 0.370 e. The number of hydrogen-bond acceptors (Lipinski definition) is 2. The minimum absolute atomic E-state index is 0.493. The van der Waals surface area contributed by atoms with Crippen molar-refractivity contribution in [1.29, 1.82) is 0 Å². The Kier molecular flexibility index (Phi) is 5.68. The van der Waals surface area contributed by atoms with Gasteiger partial charge in [-0.1, -0.05) is 36.7 Å². The van der Waals surface area contributed by atoms with Gasteiger partial charge in [0.15, 0.2) is 5.96 Å². The van der Waals surface area contributed by atoms with Gasteiger partial charge >= 0.3 is 0 Å². The predicted molar refractivity (Wildman–Crippen MR) is 85.1 cm³/mol. The molecule has 4 nitrogen and oxygen atoms in total. The molecule has 0 saturated carbocycles. The molecule has 1 aromatic carbocycles. The number of nitrogens with one attached hydrogen (secondary N) is 1. The second kappa shape index (κ2) is 7.50. The van der Waals surface area contributed by atoms with Crippen molar-refractivity contribution in [2.75, 3.05) is 19.6 Å². The molecule has 110 valence electrons. The van der Waals surface area contributed by atoms with Gasteiger partial charge in [-0.15, -0.1) is 0 Å². The van der Waals surface area contributed by atoms with Crippen LogP contribution in [0.1, 0.15) is 25.3 Å². The fourth-order valence-electron chi connectivity index (χ4n) is 2.62. The third kappa shape index (κ3) is 4.12. The van der Waals surface area contributed by atoms with Crippen LogP contribution in [0.25, 0.3) is 0 Å². The molecular formula is C15H23ClN4. The van der Waals surface area contributed by atoms with E-state index in [0.717, 1.165) is 23.7 Å². The van der Waals surface area contributed by atoms with Gasteiger partial charge in [0, 0.05) is 17.6 Å². The fraction of sp³-hybridized carbons (Fsp3) is 0.533. The van der Waals surface area contributed by atoms with Crippen LogP contribution in [-0.2, 0) is 6.54 Å². The number of hydrogen-bond donors (Lipinski definition) is 2. The Morgan fingerprint density at radius 2 is 2.30 bits per heavy atom. The van der Waals surface area contributed by atoms with Gasteiger partial charge in [-0.05, 0) is 37.6 Å². The van der Waals surface area contributed by atoms with E-state index in [0.29, 0.717) is 18.5 Å². The van der Waals surface area contributed by atoms with E-state index in [9.17, 15) is 0 Å². The molecule has 0 aromatic heterocycles. The summed E-state index contributed by atoms with van der Waals surface area (Å²) >= 11 is 6.09. The highest BCUT2D eigenvalue weighted by Crippen LogP contribution is 2.16. The summed E-state index contributed by atoms with van der Waals surface area (Å²) in [6.07, 6.45) is 2.51. The minimum Gasteiger partial charge on any atom is -0.370 e. The predicted octanol–water partition coefficient (Wildman–Crippen LogP) is 2.23. The SMILES string of the molecule is CCN1CCCC1CNC(N)=NCc1ccccc1Cl. The van der Waals surface area contributed by atoms with E-state index in [4.69, 9.17) is 17.3 Å². The van der Waals surface area contributed by atoms with Crippen LogP contribution in [0.2, 0.25) is 5.02 Å². The lowest BCUT2D eigenvalue weighted by Gasteiger charge is -2.23. The zero-order chi connectivity index (χ0) is 14.4. The lowest BCUT2D eigenvalue weighted by molar-refractivity contribution is 0.267. The number of likely N-dealkylation sites (tertiary alicyclic amines) is 1. The number of nitrogens with zero attached hydrogens (tertiary/aromatic N) is 2. The Morgan fingerprint density at radius 1 is 1.50 bits per heavy atom. The van der Waals surface area contributed by atoms with Crippen molar-refractivity contribution in [3.05, 3.63) is 34.9 Å². The van der Waals surface area contributed by atoms with Crippen molar-refractivity contribution in [3.63, 3.8) is 0 Å². The highest BCUT2D eigenvalue weighted by Gasteiger charge is 2.22. The molecule has 5 heteroatoms. The molecule has 0 radical (unpaired) electrons. The smallest absolute Gasteiger partial charge is 0.188 e. The first-order valence-electron chi connectivity index (χ1n) is 7.22. The number of aliphatic imine (C=N–C) groups is 1. The van der Waals surface area contributed by atoms with Crippen LogP contribution >= 0.6 is 11.6 Å². The highest BCUT2D eigenvalue weighted by molar-refractivity contribution is 6.31. The van der Waals surface area contributed by atoms with E-state index in [1.165, 1.54) is 19.4 Å². The first-order valence-corrected chi connectivity index (χ1v) is 7.59. The monoisotopic (exact) mass is 294 g/mol. The molecule has 3 N–H and O–H groups in total. The van der Waals surface area contributed by atoms with Gasteiger partial charge < -0.3 is 11.1 Å². The summed E-state index contributed by atoms with van der Waals surface area (Å²) in [5, 5.41) is 3.95. The lowest BCUT2D eigenvalue weighted by atomic mass is 10.2. The summed E-state index contributed by atoms with van der Waals surface area (Å²) in [7, 11) is 0. The maximum atomic E-state index is 6.09. The van der Waals surface area contributed by atoms with Gasteiger partial charge in [-0.25, -0.2) is 4.99 Å². The molecule has 2 rings (SSSR count). The van der Waals surface area contributed by atoms with Crippen molar-refractivity contribution < 1.29 is 0 Å². The van der Waals surface area contributed by atoms with Crippen molar-refractivity contribution >= 4 is 17.6 Å². The van der Waals surface area contributed by atoms with Crippen LogP contribution in [0.4, 0.5) is 0 Å². The fourth-order valence-corrected chi connectivity index (χ4v) is 2.81. The standard InChI is InChI=1S/C15H23ClN4/c1-2-20-9-5-7-13(20)11-19-15(17)18-10-12-6-3-4-8-14(12)16/h3-4,6,8,13H,2,5,7,9-11H2,1H3,(H3,17,18,19). The van der Waals surface area contributed by atoms with Crippen LogP contribution in [0.5, 0.6) is 0 Å². The quantitative estimate of drug-likeness (QED) is 0.647. The van der Waals surface area contributed by atoms with E-state index < -0.39 is 0 Å². The average molecular weight is 295 g/mol. The van der Waals surface area contributed by atoms with E-state index in [-0.39, 0.29) is 0 Å². The Balaban J connectivity index is 1.81. The maximum Gasteiger partial charge on any atom is 0.188 e. The molecule has 1 saturated heterocycles.